The highest BCUT2D eigenvalue weighted by Gasteiger charge is 2.42. The number of fused-ring (bicyclic) bond motifs is 3. The van der Waals surface area contributed by atoms with Gasteiger partial charge in [-0.05, 0) is 17.5 Å². The summed E-state index contributed by atoms with van der Waals surface area (Å²) >= 11 is 1.46. The van der Waals surface area contributed by atoms with E-state index >= 15 is 0 Å². The zero-order valence-corrected chi connectivity index (χ0v) is 12.8. The average Bonchev–Trinajstić information content (AvgIpc) is 2.86. The van der Waals surface area contributed by atoms with E-state index in [2.05, 4.69) is 4.74 Å². The summed E-state index contributed by atoms with van der Waals surface area (Å²) in [5.41, 5.74) is 2.07. The Morgan fingerprint density at radius 1 is 1.23 bits per heavy atom. The largest absolute Gasteiger partial charge is 0.467 e. The lowest BCUT2D eigenvalue weighted by atomic mass is 10.0. The predicted octanol–water partition coefficient (Wildman–Crippen LogP) is 1.52. The van der Waals surface area contributed by atoms with E-state index in [-0.39, 0.29) is 5.91 Å². The first-order valence-corrected chi connectivity index (χ1v) is 7.59. The van der Waals surface area contributed by atoms with Crippen LogP contribution in [0.5, 0.6) is 0 Å². The van der Waals surface area contributed by atoms with Crippen LogP contribution < -0.4 is 0 Å². The monoisotopic (exact) mass is 319 g/mol. The van der Waals surface area contributed by atoms with Crippen molar-refractivity contribution in [2.24, 2.45) is 0 Å². The molecule has 1 atom stereocenters. The molecule has 1 aromatic carbocycles. The average molecular weight is 319 g/mol. The third-order valence-corrected chi connectivity index (χ3v) is 4.56. The predicted molar refractivity (Wildman–Crippen MR) is 80.2 cm³/mol. The zero-order valence-electron chi connectivity index (χ0n) is 12.0. The molecule has 1 aromatic rings. The molecule has 0 bridgehead atoms. The van der Waals surface area contributed by atoms with Gasteiger partial charge in [0.05, 0.1) is 31.0 Å². The smallest absolute Gasteiger partial charge is 0.337 e. The van der Waals surface area contributed by atoms with Crippen molar-refractivity contribution in [2.75, 3.05) is 20.0 Å². The molecule has 0 unspecified atom stereocenters. The Kier molecular flexibility index (Phi) is 3.66. The first kappa shape index (κ1) is 14.6. The van der Waals surface area contributed by atoms with Gasteiger partial charge < -0.3 is 9.47 Å². The lowest BCUT2D eigenvalue weighted by Crippen LogP contribution is -2.44. The molecule has 2 aliphatic heterocycles. The number of hydrogen-bond acceptors (Lipinski definition) is 6. The number of esters is 2. The molecular weight excluding hydrogens is 306 g/mol. The summed E-state index contributed by atoms with van der Waals surface area (Å²) in [4.78, 5) is 37.6. The number of thioether (sulfide) groups is 1. The summed E-state index contributed by atoms with van der Waals surface area (Å²) in [6.45, 7) is 0. The topological polar surface area (TPSA) is 72.9 Å². The van der Waals surface area contributed by atoms with E-state index in [4.69, 9.17) is 4.74 Å². The van der Waals surface area contributed by atoms with Crippen LogP contribution in [0, 0.1) is 0 Å². The van der Waals surface area contributed by atoms with Crippen LogP contribution in [0.2, 0.25) is 0 Å². The minimum absolute atomic E-state index is 0.303. The molecule has 0 aliphatic carbocycles. The summed E-state index contributed by atoms with van der Waals surface area (Å²) in [6.07, 6.45) is 0. The molecule has 1 amide bonds. The number of benzene rings is 1. The highest BCUT2D eigenvalue weighted by molar-refractivity contribution is 8.02. The van der Waals surface area contributed by atoms with E-state index in [1.165, 1.54) is 36.9 Å². The standard InChI is InChI=1S/C15H13NO5S/c1-20-14(18)8-3-4-9-10(5-8)13(17)16-11(9)6-22-7-12(16)15(19)21-2/h3-6,12H,7H2,1-2H3/t12-/m0/s1. The summed E-state index contributed by atoms with van der Waals surface area (Å²) in [5.74, 6) is -0.816. The first-order valence-electron chi connectivity index (χ1n) is 6.54. The van der Waals surface area contributed by atoms with Gasteiger partial charge >= 0.3 is 11.9 Å². The molecule has 0 saturated heterocycles. The van der Waals surface area contributed by atoms with Gasteiger partial charge in [-0.3, -0.25) is 9.69 Å². The molecule has 22 heavy (non-hydrogen) atoms. The minimum atomic E-state index is -0.656. The maximum absolute atomic E-state index is 12.6. The Balaban J connectivity index is 2.05. The Hall–Kier alpha value is -2.28. The number of rotatable bonds is 2. The normalized spacial score (nSPS) is 19.2. The second kappa shape index (κ2) is 5.49. The van der Waals surface area contributed by atoms with E-state index in [0.29, 0.717) is 28.1 Å². The van der Waals surface area contributed by atoms with Crippen molar-refractivity contribution in [1.82, 2.24) is 4.90 Å². The van der Waals surface area contributed by atoms with Crippen molar-refractivity contribution in [1.29, 1.82) is 0 Å². The van der Waals surface area contributed by atoms with Gasteiger partial charge in [-0.2, -0.15) is 0 Å². The molecule has 2 aliphatic rings. The van der Waals surface area contributed by atoms with Crippen LogP contribution in [-0.2, 0) is 14.3 Å². The van der Waals surface area contributed by atoms with Crippen LogP contribution in [0.15, 0.2) is 23.6 Å². The van der Waals surface area contributed by atoms with E-state index in [9.17, 15) is 14.4 Å². The SMILES string of the molecule is COC(=O)c1ccc2c(c1)C(=O)N1C2=CSC[C@H]1C(=O)OC. The Bertz CT molecular complexity index is 712. The third-order valence-electron chi connectivity index (χ3n) is 3.66. The molecule has 6 nitrogen and oxygen atoms in total. The van der Waals surface area contributed by atoms with Crippen molar-refractivity contribution in [3.05, 3.63) is 40.3 Å². The second-order valence-electron chi connectivity index (χ2n) is 4.80. The van der Waals surface area contributed by atoms with Gasteiger partial charge in [0.2, 0.25) is 0 Å². The molecule has 3 rings (SSSR count). The zero-order chi connectivity index (χ0) is 15.9. The molecule has 114 valence electrons. The molecule has 0 aromatic heterocycles. The van der Waals surface area contributed by atoms with E-state index < -0.39 is 18.0 Å². The van der Waals surface area contributed by atoms with Crippen molar-refractivity contribution in [3.63, 3.8) is 0 Å². The molecule has 0 saturated carbocycles. The van der Waals surface area contributed by atoms with Crippen LogP contribution in [0.3, 0.4) is 0 Å². The summed E-state index contributed by atoms with van der Waals surface area (Å²) in [7, 11) is 2.58. The number of nitrogens with zero attached hydrogens (tertiary/aromatic N) is 1. The lowest BCUT2D eigenvalue weighted by Gasteiger charge is -2.29. The van der Waals surface area contributed by atoms with Crippen LogP contribution in [0.4, 0.5) is 0 Å². The Morgan fingerprint density at radius 3 is 2.68 bits per heavy atom. The van der Waals surface area contributed by atoms with Crippen LogP contribution >= 0.6 is 11.8 Å². The van der Waals surface area contributed by atoms with Gasteiger partial charge in [0, 0.05) is 11.3 Å². The van der Waals surface area contributed by atoms with Gasteiger partial charge in [0.15, 0.2) is 0 Å². The van der Waals surface area contributed by atoms with Gasteiger partial charge in [-0.1, -0.05) is 6.07 Å². The molecule has 0 radical (unpaired) electrons. The van der Waals surface area contributed by atoms with Crippen LogP contribution in [0.25, 0.3) is 5.70 Å². The van der Waals surface area contributed by atoms with Gasteiger partial charge in [-0.25, -0.2) is 9.59 Å². The van der Waals surface area contributed by atoms with Crippen LogP contribution in [-0.4, -0.2) is 48.8 Å². The van der Waals surface area contributed by atoms with Crippen LogP contribution in [0.1, 0.15) is 26.3 Å². The number of hydrogen-bond donors (Lipinski definition) is 0. The van der Waals surface area contributed by atoms with Crippen molar-refractivity contribution in [3.8, 4) is 0 Å². The van der Waals surface area contributed by atoms with Gasteiger partial charge in [0.1, 0.15) is 6.04 Å². The maximum Gasteiger partial charge on any atom is 0.337 e. The number of ether oxygens (including phenoxy) is 2. The molecular formula is C15H13NO5S. The van der Waals surface area contributed by atoms with E-state index in [1.807, 2.05) is 5.41 Å². The van der Waals surface area contributed by atoms with Crippen molar-refractivity contribution < 1.29 is 23.9 Å². The second-order valence-corrected chi connectivity index (χ2v) is 5.70. The van der Waals surface area contributed by atoms with E-state index in [0.717, 1.165) is 0 Å². The maximum atomic E-state index is 12.6. The number of carbonyl (C=O) groups excluding carboxylic acids is 3. The highest BCUT2D eigenvalue weighted by Crippen LogP contribution is 2.40. The number of amides is 1. The Labute approximate surface area is 131 Å². The fourth-order valence-electron chi connectivity index (χ4n) is 2.59. The van der Waals surface area contributed by atoms with Crippen molar-refractivity contribution in [2.45, 2.75) is 6.04 Å². The summed E-state index contributed by atoms with van der Waals surface area (Å²) < 4.78 is 9.45. The quantitative estimate of drug-likeness (QED) is 0.770. The fourth-order valence-corrected chi connectivity index (χ4v) is 3.55. The number of methoxy groups -OCH3 is 2. The first-order chi connectivity index (χ1) is 10.6. The molecule has 7 heteroatoms. The van der Waals surface area contributed by atoms with Gasteiger partial charge in [-0.15, -0.1) is 11.8 Å². The van der Waals surface area contributed by atoms with Crippen molar-refractivity contribution >= 4 is 35.3 Å². The summed E-state index contributed by atoms with van der Waals surface area (Å²) in [6, 6.07) is 4.15. The summed E-state index contributed by atoms with van der Waals surface area (Å²) in [5, 5.41) is 1.85. The number of carbonyl (C=O) groups is 3. The minimum Gasteiger partial charge on any atom is -0.467 e. The third kappa shape index (κ3) is 2.09. The van der Waals surface area contributed by atoms with Gasteiger partial charge in [0.25, 0.3) is 5.91 Å². The fraction of sp³-hybridized carbons (Fsp3) is 0.267. The Morgan fingerprint density at radius 2 is 2.00 bits per heavy atom. The molecule has 0 fully saturated rings. The lowest BCUT2D eigenvalue weighted by molar-refractivity contribution is -0.144. The molecule has 0 N–H and O–H groups in total. The van der Waals surface area contributed by atoms with E-state index in [1.54, 1.807) is 12.1 Å². The highest BCUT2D eigenvalue weighted by atomic mass is 32.2. The molecule has 2 heterocycles. The molecule has 0 spiro atoms.